The zero-order valence-corrected chi connectivity index (χ0v) is 17.1. The molecular formula is C19H23BrN2O3S. The second-order valence-electron chi connectivity index (χ2n) is 6.41. The Morgan fingerprint density at radius 1 is 1.15 bits per heavy atom. The molecule has 0 spiro atoms. The van der Waals surface area contributed by atoms with Crippen LogP contribution in [0.5, 0.6) is 0 Å². The number of aryl methyl sites for hydroxylation is 1. The van der Waals surface area contributed by atoms with Crippen molar-refractivity contribution in [3.8, 4) is 0 Å². The molecule has 26 heavy (non-hydrogen) atoms. The van der Waals surface area contributed by atoms with Gasteiger partial charge >= 0.3 is 0 Å². The molecule has 2 aromatic rings. The average molecular weight is 439 g/mol. The number of nitrogens with one attached hydrogen (secondary N) is 1. The van der Waals surface area contributed by atoms with Crippen LogP contribution in [-0.4, -0.2) is 46.2 Å². The molecule has 1 heterocycles. The molecule has 1 N–H and O–H groups in total. The summed E-state index contributed by atoms with van der Waals surface area (Å²) in [6.07, 6.45) is 0. The molecule has 0 bridgehead atoms. The molecular weight excluding hydrogens is 416 g/mol. The Balaban J connectivity index is 1.87. The molecule has 0 unspecified atom stereocenters. The van der Waals surface area contributed by atoms with Crippen LogP contribution < -0.4 is 4.72 Å². The van der Waals surface area contributed by atoms with Crippen LogP contribution in [0.25, 0.3) is 0 Å². The van der Waals surface area contributed by atoms with Gasteiger partial charge in [-0.15, -0.1) is 0 Å². The first-order chi connectivity index (χ1) is 12.5. The maximum absolute atomic E-state index is 13.1. The molecule has 0 saturated carbocycles. The van der Waals surface area contributed by atoms with Crippen LogP contribution in [0.15, 0.2) is 57.9 Å². The van der Waals surface area contributed by atoms with Crippen molar-refractivity contribution < 1.29 is 13.2 Å². The van der Waals surface area contributed by atoms with E-state index in [9.17, 15) is 8.42 Å². The van der Waals surface area contributed by atoms with Crippen LogP contribution in [0, 0.1) is 6.92 Å². The molecule has 1 saturated heterocycles. The Kier molecular flexibility index (Phi) is 6.47. The van der Waals surface area contributed by atoms with Gasteiger partial charge in [-0.25, -0.2) is 13.1 Å². The first-order valence-electron chi connectivity index (χ1n) is 8.59. The molecule has 2 aromatic carbocycles. The van der Waals surface area contributed by atoms with Crippen molar-refractivity contribution in [2.24, 2.45) is 0 Å². The lowest BCUT2D eigenvalue weighted by Crippen LogP contribution is -2.43. The Bertz CT molecular complexity index is 837. The summed E-state index contributed by atoms with van der Waals surface area (Å²) in [5.41, 5.74) is 1.68. The molecule has 1 aliphatic heterocycles. The molecule has 5 nitrogen and oxygen atoms in total. The quantitative estimate of drug-likeness (QED) is 0.752. The van der Waals surface area contributed by atoms with E-state index < -0.39 is 10.0 Å². The Hall–Kier alpha value is -1.25. The number of hydrogen-bond acceptors (Lipinski definition) is 4. The van der Waals surface area contributed by atoms with Crippen molar-refractivity contribution in [3.05, 3.63) is 64.1 Å². The third-order valence-corrected chi connectivity index (χ3v) is 6.59. The van der Waals surface area contributed by atoms with Crippen molar-refractivity contribution in [2.75, 3.05) is 32.8 Å². The van der Waals surface area contributed by atoms with Gasteiger partial charge in [-0.3, -0.25) is 4.90 Å². The van der Waals surface area contributed by atoms with Crippen LogP contribution in [0.2, 0.25) is 0 Å². The maximum Gasteiger partial charge on any atom is 0.241 e. The zero-order valence-electron chi connectivity index (χ0n) is 14.7. The standard InChI is InChI=1S/C19H23BrN2O3S/c1-15-7-8-17(20)13-19(15)26(23,24)21-18(16-5-3-2-4-6-16)14-22-9-11-25-12-10-22/h2-8,13,18,21H,9-12,14H2,1H3/t18-/m1/s1. The third kappa shape index (κ3) is 4.92. The number of hydrogen-bond donors (Lipinski definition) is 1. The van der Waals surface area contributed by atoms with Gasteiger partial charge in [0, 0.05) is 24.1 Å². The minimum Gasteiger partial charge on any atom is -0.379 e. The first kappa shape index (κ1) is 19.5. The first-order valence-corrected chi connectivity index (χ1v) is 10.9. The number of rotatable bonds is 6. The van der Waals surface area contributed by atoms with Crippen molar-refractivity contribution in [1.82, 2.24) is 9.62 Å². The monoisotopic (exact) mass is 438 g/mol. The van der Waals surface area contributed by atoms with Crippen molar-refractivity contribution >= 4 is 26.0 Å². The molecule has 140 valence electrons. The fraction of sp³-hybridized carbons (Fsp3) is 0.368. The van der Waals surface area contributed by atoms with Crippen LogP contribution in [0.4, 0.5) is 0 Å². The largest absolute Gasteiger partial charge is 0.379 e. The lowest BCUT2D eigenvalue weighted by Gasteiger charge is -2.31. The van der Waals surface area contributed by atoms with Crippen molar-refractivity contribution in [1.29, 1.82) is 0 Å². The van der Waals surface area contributed by atoms with E-state index in [4.69, 9.17) is 4.74 Å². The highest BCUT2D eigenvalue weighted by Crippen LogP contribution is 2.24. The van der Waals surface area contributed by atoms with Gasteiger partial charge < -0.3 is 4.74 Å². The molecule has 0 aliphatic carbocycles. The predicted octanol–water partition coefficient (Wildman–Crippen LogP) is 3.11. The summed E-state index contributed by atoms with van der Waals surface area (Å²) in [5.74, 6) is 0. The van der Waals surface area contributed by atoms with E-state index in [0.717, 1.165) is 28.7 Å². The number of benzene rings is 2. The van der Waals surface area contributed by atoms with Gasteiger partial charge in [0.2, 0.25) is 10.0 Å². The number of ether oxygens (including phenoxy) is 1. The second-order valence-corrected chi connectivity index (χ2v) is 9.01. The minimum atomic E-state index is -3.65. The number of sulfonamides is 1. The summed E-state index contributed by atoms with van der Waals surface area (Å²) in [4.78, 5) is 2.53. The highest BCUT2D eigenvalue weighted by molar-refractivity contribution is 9.10. The molecule has 1 atom stereocenters. The van der Waals surface area contributed by atoms with Gasteiger partial charge in [0.15, 0.2) is 0 Å². The molecule has 1 aliphatic rings. The maximum atomic E-state index is 13.1. The normalized spacial score (nSPS) is 17.2. The summed E-state index contributed by atoms with van der Waals surface area (Å²) in [5, 5.41) is 0. The molecule has 3 rings (SSSR count). The van der Waals surface area contributed by atoms with Crippen LogP contribution in [0.3, 0.4) is 0 Å². The molecule has 0 radical (unpaired) electrons. The highest BCUT2D eigenvalue weighted by Gasteiger charge is 2.25. The van der Waals surface area contributed by atoms with E-state index in [2.05, 4.69) is 25.6 Å². The fourth-order valence-electron chi connectivity index (χ4n) is 3.05. The summed E-state index contributed by atoms with van der Waals surface area (Å²) < 4.78 is 35.2. The zero-order chi connectivity index (χ0) is 18.6. The molecule has 0 amide bonds. The average Bonchev–Trinajstić information content (AvgIpc) is 2.64. The second kappa shape index (κ2) is 8.63. The lowest BCUT2D eigenvalue weighted by atomic mass is 10.1. The summed E-state index contributed by atoms with van der Waals surface area (Å²) in [7, 11) is -3.65. The topological polar surface area (TPSA) is 58.6 Å². The van der Waals surface area contributed by atoms with E-state index in [1.807, 2.05) is 36.4 Å². The molecule has 0 aromatic heterocycles. The molecule has 1 fully saturated rings. The van der Waals surface area contributed by atoms with E-state index in [0.29, 0.717) is 24.7 Å². The van der Waals surface area contributed by atoms with Crippen LogP contribution >= 0.6 is 15.9 Å². The van der Waals surface area contributed by atoms with Gasteiger partial charge in [-0.1, -0.05) is 52.3 Å². The van der Waals surface area contributed by atoms with Crippen molar-refractivity contribution in [3.63, 3.8) is 0 Å². The Morgan fingerprint density at radius 2 is 1.85 bits per heavy atom. The summed E-state index contributed by atoms with van der Waals surface area (Å²) in [6.45, 7) is 5.39. The van der Waals surface area contributed by atoms with Gasteiger partial charge in [0.25, 0.3) is 0 Å². The number of morpholine rings is 1. The van der Waals surface area contributed by atoms with E-state index >= 15 is 0 Å². The minimum absolute atomic E-state index is 0.301. The van der Waals surface area contributed by atoms with E-state index in [1.165, 1.54) is 0 Å². The SMILES string of the molecule is Cc1ccc(Br)cc1S(=O)(=O)N[C@H](CN1CCOCC1)c1ccccc1. The summed E-state index contributed by atoms with van der Waals surface area (Å²) in [6, 6.07) is 14.7. The lowest BCUT2D eigenvalue weighted by molar-refractivity contribution is 0.0345. The predicted molar refractivity (Wildman–Crippen MR) is 106 cm³/mol. The van der Waals surface area contributed by atoms with E-state index in [-0.39, 0.29) is 6.04 Å². The van der Waals surface area contributed by atoms with Gasteiger partial charge in [-0.2, -0.15) is 0 Å². The third-order valence-electron chi connectivity index (χ3n) is 4.48. The number of nitrogens with zero attached hydrogens (tertiary/aromatic N) is 1. The van der Waals surface area contributed by atoms with Crippen LogP contribution in [0.1, 0.15) is 17.2 Å². The van der Waals surface area contributed by atoms with Crippen LogP contribution in [-0.2, 0) is 14.8 Å². The Labute approximate surface area is 163 Å². The Morgan fingerprint density at radius 3 is 2.54 bits per heavy atom. The highest BCUT2D eigenvalue weighted by atomic mass is 79.9. The molecule has 7 heteroatoms. The fourth-order valence-corrected chi connectivity index (χ4v) is 5.05. The van der Waals surface area contributed by atoms with Gasteiger partial charge in [-0.05, 0) is 30.2 Å². The van der Waals surface area contributed by atoms with E-state index in [1.54, 1.807) is 19.1 Å². The van der Waals surface area contributed by atoms with Gasteiger partial charge in [0.05, 0.1) is 24.2 Å². The van der Waals surface area contributed by atoms with Gasteiger partial charge in [0.1, 0.15) is 0 Å². The smallest absolute Gasteiger partial charge is 0.241 e. The number of halogens is 1. The van der Waals surface area contributed by atoms with Crippen molar-refractivity contribution in [2.45, 2.75) is 17.9 Å². The summed E-state index contributed by atoms with van der Waals surface area (Å²) >= 11 is 3.37.